The van der Waals surface area contributed by atoms with Gasteiger partial charge in [-0.2, -0.15) is 0 Å². The van der Waals surface area contributed by atoms with Gasteiger partial charge in [-0.3, -0.25) is 4.79 Å². The molecule has 0 aliphatic rings. The molecule has 0 unspecified atom stereocenters. The molecule has 1 aromatic heterocycles. The van der Waals surface area contributed by atoms with E-state index in [2.05, 4.69) is 4.98 Å². The molecule has 72 valence electrons. The summed E-state index contributed by atoms with van der Waals surface area (Å²) in [6, 6.07) is 0.235. The van der Waals surface area contributed by atoms with Crippen molar-refractivity contribution >= 4 is 17.2 Å². The predicted molar refractivity (Wildman–Crippen MR) is 54.0 cm³/mol. The lowest BCUT2D eigenvalue weighted by Crippen LogP contribution is -2.36. The molecule has 0 N–H and O–H groups in total. The molecule has 0 spiro atoms. The maximum atomic E-state index is 11.7. The number of thiazole rings is 1. The fourth-order valence-corrected chi connectivity index (χ4v) is 1.73. The molecule has 1 rings (SSSR count). The molecule has 0 aromatic carbocycles. The van der Waals surface area contributed by atoms with Crippen LogP contribution >= 0.6 is 11.3 Å². The van der Waals surface area contributed by atoms with Crippen LogP contribution in [-0.2, 0) is 0 Å². The molecule has 0 atom stereocenters. The molecular formula is C9H14N2OS. The number of rotatable bonds is 3. The van der Waals surface area contributed by atoms with Crippen molar-refractivity contribution in [3.63, 3.8) is 0 Å². The van der Waals surface area contributed by atoms with Gasteiger partial charge in [0.25, 0.3) is 5.91 Å². The highest BCUT2D eigenvalue weighted by molar-refractivity contribution is 7.07. The van der Waals surface area contributed by atoms with Crippen molar-refractivity contribution in [2.75, 3.05) is 6.54 Å². The summed E-state index contributed by atoms with van der Waals surface area (Å²) in [7, 11) is 0. The summed E-state index contributed by atoms with van der Waals surface area (Å²) in [5, 5.41) is 1.79. The first-order valence-electron chi connectivity index (χ1n) is 4.36. The van der Waals surface area contributed by atoms with Gasteiger partial charge in [-0.05, 0) is 20.8 Å². The number of hydrogen-bond donors (Lipinski definition) is 0. The summed E-state index contributed by atoms with van der Waals surface area (Å²) in [4.78, 5) is 17.5. The van der Waals surface area contributed by atoms with Crippen molar-refractivity contribution in [2.45, 2.75) is 26.8 Å². The third-order valence-electron chi connectivity index (χ3n) is 1.88. The van der Waals surface area contributed by atoms with Crippen LogP contribution < -0.4 is 0 Å². The fourth-order valence-electron chi connectivity index (χ4n) is 1.21. The summed E-state index contributed by atoms with van der Waals surface area (Å²) >= 11 is 1.45. The van der Waals surface area contributed by atoms with Gasteiger partial charge in [0.2, 0.25) is 0 Å². The van der Waals surface area contributed by atoms with Crippen LogP contribution in [0.5, 0.6) is 0 Å². The molecular weight excluding hydrogens is 184 g/mol. The Morgan fingerprint density at radius 3 is 2.77 bits per heavy atom. The van der Waals surface area contributed by atoms with Gasteiger partial charge < -0.3 is 4.90 Å². The van der Waals surface area contributed by atoms with Crippen molar-refractivity contribution in [1.29, 1.82) is 0 Å². The van der Waals surface area contributed by atoms with Gasteiger partial charge in [0.05, 0.1) is 5.51 Å². The minimum atomic E-state index is 0.0266. The first kappa shape index (κ1) is 10.2. The van der Waals surface area contributed by atoms with E-state index in [4.69, 9.17) is 0 Å². The maximum absolute atomic E-state index is 11.7. The van der Waals surface area contributed by atoms with Crippen molar-refractivity contribution < 1.29 is 4.79 Å². The third kappa shape index (κ3) is 2.28. The largest absolute Gasteiger partial charge is 0.335 e. The Hall–Kier alpha value is -0.900. The van der Waals surface area contributed by atoms with Gasteiger partial charge in [-0.1, -0.05) is 0 Å². The normalized spacial score (nSPS) is 10.5. The molecule has 13 heavy (non-hydrogen) atoms. The van der Waals surface area contributed by atoms with E-state index >= 15 is 0 Å². The summed E-state index contributed by atoms with van der Waals surface area (Å²) in [6.07, 6.45) is 0. The second kappa shape index (κ2) is 4.37. The Morgan fingerprint density at radius 1 is 1.69 bits per heavy atom. The van der Waals surface area contributed by atoms with Crippen molar-refractivity contribution in [3.8, 4) is 0 Å². The van der Waals surface area contributed by atoms with Crippen LogP contribution in [-0.4, -0.2) is 28.4 Å². The molecule has 4 heteroatoms. The monoisotopic (exact) mass is 198 g/mol. The maximum Gasteiger partial charge on any atom is 0.273 e. The standard InChI is InChI=1S/C9H14N2OS/c1-4-11(7(2)3)9(12)8-5-13-6-10-8/h5-7H,4H2,1-3H3. The first-order valence-corrected chi connectivity index (χ1v) is 5.30. The predicted octanol–water partition coefficient (Wildman–Crippen LogP) is 2.01. The van der Waals surface area contributed by atoms with Crippen LogP contribution in [0.3, 0.4) is 0 Å². The van der Waals surface area contributed by atoms with Gasteiger partial charge in [-0.15, -0.1) is 11.3 Å². The summed E-state index contributed by atoms with van der Waals surface area (Å²) < 4.78 is 0. The molecule has 1 amide bonds. The Kier molecular flexibility index (Phi) is 3.42. The van der Waals surface area contributed by atoms with Gasteiger partial charge in [0.1, 0.15) is 5.69 Å². The van der Waals surface area contributed by atoms with Gasteiger partial charge >= 0.3 is 0 Å². The number of amides is 1. The second-order valence-corrected chi connectivity index (χ2v) is 3.78. The number of nitrogens with zero attached hydrogens (tertiary/aromatic N) is 2. The van der Waals surface area contributed by atoms with E-state index < -0.39 is 0 Å². The minimum Gasteiger partial charge on any atom is -0.335 e. The number of carbonyl (C=O) groups excluding carboxylic acids is 1. The highest BCUT2D eigenvalue weighted by Gasteiger charge is 2.17. The molecule has 0 saturated carbocycles. The van der Waals surface area contributed by atoms with E-state index in [9.17, 15) is 4.79 Å². The highest BCUT2D eigenvalue weighted by atomic mass is 32.1. The van der Waals surface area contributed by atoms with Gasteiger partial charge in [0, 0.05) is 18.0 Å². The van der Waals surface area contributed by atoms with Crippen LogP contribution in [0.1, 0.15) is 31.3 Å². The smallest absolute Gasteiger partial charge is 0.273 e. The third-order valence-corrected chi connectivity index (χ3v) is 2.46. The molecule has 0 fully saturated rings. The fraction of sp³-hybridized carbons (Fsp3) is 0.556. The highest BCUT2D eigenvalue weighted by Crippen LogP contribution is 2.08. The zero-order valence-electron chi connectivity index (χ0n) is 8.15. The Morgan fingerprint density at radius 2 is 2.38 bits per heavy atom. The van der Waals surface area contributed by atoms with Crippen molar-refractivity contribution in [1.82, 2.24) is 9.88 Å². The van der Waals surface area contributed by atoms with Crippen LogP contribution in [0.25, 0.3) is 0 Å². The topological polar surface area (TPSA) is 33.2 Å². The van der Waals surface area contributed by atoms with E-state index in [1.807, 2.05) is 20.8 Å². The molecule has 0 aliphatic heterocycles. The molecule has 3 nitrogen and oxygen atoms in total. The number of hydrogen-bond acceptors (Lipinski definition) is 3. The van der Waals surface area contributed by atoms with Crippen LogP contribution in [0.4, 0.5) is 0 Å². The van der Waals surface area contributed by atoms with E-state index in [0.717, 1.165) is 6.54 Å². The Bertz CT molecular complexity index is 269. The zero-order chi connectivity index (χ0) is 9.84. The quantitative estimate of drug-likeness (QED) is 0.744. The lowest BCUT2D eigenvalue weighted by Gasteiger charge is -2.23. The molecule has 0 radical (unpaired) electrons. The summed E-state index contributed by atoms with van der Waals surface area (Å²) in [5.74, 6) is 0.0266. The Balaban J connectivity index is 2.77. The zero-order valence-corrected chi connectivity index (χ0v) is 8.97. The summed E-state index contributed by atoms with van der Waals surface area (Å²) in [6.45, 7) is 6.72. The molecule has 1 heterocycles. The minimum absolute atomic E-state index is 0.0266. The van der Waals surface area contributed by atoms with Gasteiger partial charge in [0.15, 0.2) is 0 Å². The van der Waals surface area contributed by atoms with E-state index in [-0.39, 0.29) is 11.9 Å². The van der Waals surface area contributed by atoms with Crippen molar-refractivity contribution in [2.24, 2.45) is 0 Å². The average molecular weight is 198 g/mol. The van der Waals surface area contributed by atoms with Gasteiger partial charge in [-0.25, -0.2) is 4.98 Å². The van der Waals surface area contributed by atoms with Crippen molar-refractivity contribution in [3.05, 3.63) is 16.6 Å². The van der Waals surface area contributed by atoms with E-state index in [1.165, 1.54) is 11.3 Å². The number of carbonyl (C=O) groups is 1. The average Bonchev–Trinajstić information content (AvgIpc) is 2.56. The SMILES string of the molecule is CCN(C(=O)c1cscn1)C(C)C. The van der Waals surface area contributed by atoms with Crippen LogP contribution in [0, 0.1) is 0 Å². The summed E-state index contributed by atoms with van der Waals surface area (Å²) in [5.41, 5.74) is 2.24. The lowest BCUT2D eigenvalue weighted by molar-refractivity contribution is 0.0712. The van der Waals surface area contributed by atoms with Crippen LogP contribution in [0.2, 0.25) is 0 Å². The molecule has 0 bridgehead atoms. The molecule has 0 saturated heterocycles. The first-order chi connectivity index (χ1) is 6.16. The van der Waals surface area contributed by atoms with Crippen LogP contribution in [0.15, 0.2) is 10.9 Å². The molecule has 1 aromatic rings. The number of aromatic nitrogens is 1. The molecule has 0 aliphatic carbocycles. The lowest BCUT2D eigenvalue weighted by atomic mass is 10.3. The second-order valence-electron chi connectivity index (χ2n) is 3.06. The Labute approximate surface area is 82.4 Å². The van der Waals surface area contributed by atoms with E-state index in [1.54, 1.807) is 15.8 Å². The van der Waals surface area contributed by atoms with E-state index in [0.29, 0.717) is 5.69 Å².